The molecular formula is C28H25N3O6. The fourth-order valence-electron chi connectivity index (χ4n) is 3.91. The summed E-state index contributed by atoms with van der Waals surface area (Å²) in [6.07, 6.45) is 0. The number of ether oxygens (including phenoxy) is 1. The monoisotopic (exact) mass is 499 g/mol. The maximum Gasteiger partial charge on any atom is 0.308 e. The molecule has 4 amide bonds. The minimum absolute atomic E-state index is 0.121. The molecule has 0 fully saturated rings. The van der Waals surface area contributed by atoms with Crippen LogP contribution in [-0.2, 0) is 4.79 Å². The number of hydrogen-bond donors (Lipinski definition) is 2. The first-order valence-electron chi connectivity index (χ1n) is 11.6. The van der Waals surface area contributed by atoms with E-state index in [4.69, 9.17) is 4.74 Å². The van der Waals surface area contributed by atoms with Crippen LogP contribution in [0.2, 0.25) is 0 Å². The van der Waals surface area contributed by atoms with E-state index in [1.165, 1.54) is 36.1 Å². The maximum absolute atomic E-state index is 12.9. The van der Waals surface area contributed by atoms with Gasteiger partial charge in [0.1, 0.15) is 5.75 Å². The molecule has 188 valence electrons. The summed E-state index contributed by atoms with van der Waals surface area (Å²) in [4.78, 5) is 63.2. The summed E-state index contributed by atoms with van der Waals surface area (Å²) in [5.41, 5.74) is 1.85. The first-order chi connectivity index (χ1) is 17.6. The summed E-state index contributed by atoms with van der Waals surface area (Å²) in [7, 11) is 0. The predicted octanol–water partition coefficient (Wildman–Crippen LogP) is 4.37. The summed E-state index contributed by atoms with van der Waals surface area (Å²) in [5.74, 6) is -1.78. The first-order valence-corrected chi connectivity index (χ1v) is 11.6. The molecule has 0 atom stereocenters. The number of nitrogens with one attached hydrogen (secondary N) is 2. The van der Waals surface area contributed by atoms with Crippen LogP contribution < -0.4 is 15.4 Å². The van der Waals surface area contributed by atoms with Crippen molar-refractivity contribution >= 4 is 41.0 Å². The molecule has 0 aliphatic carbocycles. The van der Waals surface area contributed by atoms with Gasteiger partial charge in [0.2, 0.25) is 0 Å². The molecule has 1 heterocycles. The zero-order valence-electron chi connectivity index (χ0n) is 20.5. The van der Waals surface area contributed by atoms with Crippen molar-refractivity contribution in [2.45, 2.75) is 20.8 Å². The van der Waals surface area contributed by atoms with Crippen molar-refractivity contribution in [3.05, 3.63) is 89.0 Å². The lowest BCUT2D eigenvalue weighted by atomic mass is 10.1. The first kappa shape index (κ1) is 25.3. The number of anilines is 2. The molecule has 9 nitrogen and oxygen atoms in total. The van der Waals surface area contributed by atoms with Gasteiger partial charge >= 0.3 is 5.97 Å². The van der Waals surface area contributed by atoms with E-state index in [-0.39, 0.29) is 39.8 Å². The second-order valence-corrected chi connectivity index (χ2v) is 8.99. The van der Waals surface area contributed by atoms with Gasteiger partial charge in [-0.05, 0) is 60.5 Å². The van der Waals surface area contributed by atoms with Crippen molar-refractivity contribution in [3.63, 3.8) is 0 Å². The van der Waals surface area contributed by atoms with Crippen LogP contribution in [0.4, 0.5) is 11.4 Å². The van der Waals surface area contributed by atoms with Gasteiger partial charge in [0, 0.05) is 36.0 Å². The third-order valence-electron chi connectivity index (χ3n) is 5.52. The summed E-state index contributed by atoms with van der Waals surface area (Å²) in [6.45, 7) is 5.41. The summed E-state index contributed by atoms with van der Waals surface area (Å²) >= 11 is 0. The van der Waals surface area contributed by atoms with Crippen LogP contribution >= 0.6 is 0 Å². The molecule has 0 saturated carbocycles. The molecule has 0 bridgehead atoms. The third-order valence-corrected chi connectivity index (χ3v) is 5.52. The SMILES string of the molecule is CC(=O)Oc1cccc(C(=O)Nc2cccc(NC(=O)c3ccc4c(c3)C(=O)N(CC(C)C)C4=O)c2)c1. The highest BCUT2D eigenvalue weighted by atomic mass is 16.5. The smallest absolute Gasteiger partial charge is 0.308 e. The molecule has 1 aliphatic heterocycles. The quantitative estimate of drug-likeness (QED) is 0.283. The average Bonchev–Trinajstić information content (AvgIpc) is 3.08. The van der Waals surface area contributed by atoms with Gasteiger partial charge in [-0.25, -0.2) is 0 Å². The summed E-state index contributed by atoms with van der Waals surface area (Å²) in [6, 6.07) is 17.2. The molecular weight excluding hydrogens is 474 g/mol. The van der Waals surface area contributed by atoms with Crippen LogP contribution in [0, 0.1) is 5.92 Å². The predicted molar refractivity (Wildman–Crippen MR) is 137 cm³/mol. The van der Waals surface area contributed by atoms with Crippen LogP contribution in [-0.4, -0.2) is 41.0 Å². The van der Waals surface area contributed by atoms with E-state index in [2.05, 4.69) is 10.6 Å². The molecule has 0 radical (unpaired) electrons. The van der Waals surface area contributed by atoms with Crippen LogP contribution in [0.25, 0.3) is 0 Å². The van der Waals surface area contributed by atoms with E-state index in [0.29, 0.717) is 17.9 Å². The van der Waals surface area contributed by atoms with Crippen LogP contribution in [0.15, 0.2) is 66.7 Å². The molecule has 9 heteroatoms. The highest BCUT2D eigenvalue weighted by Gasteiger charge is 2.36. The van der Waals surface area contributed by atoms with Gasteiger partial charge in [0.25, 0.3) is 23.6 Å². The standard InChI is InChI=1S/C28H25N3O6/c1-16(2)15-31-27(35)23-11-10-19(13-24(23)28(31)36)26(34)30-21-8-5-7-20(14-21)29-25(33)18-6-4-9-22(12-18)37-17(3)32/h4-14,16H,15H2,1-3H3,(H,29,33)(H,30,34). The molecule has 2 N–H and O–H groups in total. The van der Waals surface area contributed by atoms with E-state index in [0.717, 1.165) is 0 Å². The Labute approximate surface area is 213 Å². The fraction of sp³-hybridized carbons (Fsp3) is 0.179. The summed E-state index contributed by atoms with van der Waals surface area (Å²) < 4.78 is 5.01. The number of esters is 1. The third kappa shape index (κ3) is 5.72. The van der Waals surface area contributed by atoms with Gasteiger partial charge in [-0.2, -0.15) is 0 Å². The Morgan fingerprint density at radius 2 is 1.38 bits per heavy atom. The lowest BCUT2D eigenvalue weighted by Gasteiger charge is -2.15. The van der Waals surface area contributed by atoms with E-state index < -0.39 is 23.7 Å². The van der Waals surface area contributed by atoms with Crippen molar-refractivity contribution in [3.8, 4) is 5.75 Å². The van der Waals surface area contributed by atoms with Crippen molar-refractivity contribution in [2.75, 3.05) is 17.2 Å². The number of carbonyl (C=O) groups excluding carboxylic acids is 5. The van der Waals surface area contributed by atoms with Gasteiger partial charge in [-0.1, -0.05) is 26.0 Å². The molecule has 0 spiro atoms. The minimum Gasteiger partial charge on any atom is -0.427 e. The van der Waals surface area contributed by atoms with Gasteiger partial charge in [-0.15, -0.1) is 0 Å². The van der Waals surface area contributed by atoms with E-state index in [1.54, 1.807) is 42.5 Å². The number of amides is 4. The number of fused-ring (bicyclic) bond motifs is 1. The number of benzene rings is 3. The number of imide groups is 1. The second kappa shape index (κ2) is 10.4. The zero-order chi connectivity index (χ0) is 26.7. The second-order valence-electron chi connectivity index (χ2n) is 8.99. The molecule has 3 aromatic rings. The topological polar surface area (TPSA) is 122 Å². The van der Waals surface area contributed by atoms with Crippen molar-refractivity contribution in [1.29, 1.82) is 0 Å². The lowest BCUT2D eigenvalue weighted by Crippen LogP contribution is -2.33. The fourth-order valence-corrected chi connectivity index (χ4v) is 3.91. The van der Waals surface area contributed by atoms with Gasteiger partial charge in [-0.3, -0.25) is 28.9 Å². The molecule has 0 saturated heterocycles. The van der Waals surface area contributed by atoms with Crippen LogP contribution in [0.1, 0.15) is 62.2 Å². The number of nitrogens with zero attached hydrogens (tertiary/aromatic N) is 1. The Balaban J connectivity index is 1.46. The minimum atomic E-state index is -0.492. The Morgan fingerprint density at radius 3 is 2.00 bits per heavy atom. The van der Waals surface area contributed by atoms with Gasteiger partial charge in [0.05, 0.1) is 11.1 Å². The molecule has 0 unspecified atom stereocenters. The number of carbonyl (C=O) groups is 5. The Kier molecular flexibility index (Phi) is 7.15. The molecule has 37 heavy (non-hydrogen) atoms. The van der Waals surface area contributed by atoms with Crippen molar-refractivity contribution in [1.82, 2.24) is 4.90 Å². The molecule has 4 rings (SSSR count). The molecule has 3 aromatic carbocycles. The van der Waals surface area contributed by atoms with Crippen molar-refractivity contribution < 1.29 is 28.7 Å². The summed E-state index contributed by atoms with van der Waals surface area (Å²) in [5, 5.41) is 5.48. The highest BCUT2D eigenvalue weighted by molar-refractivity contribution is 6.22. The zero-order valence-corrected chi connectivity index (χ0v) is 20.5. The number of rotatable bonds is 7. The highest BCUT2D eigenvalue weighted by Crippen LogP contribution is 2.26. The van der Waals surface area contributed by atoms with E-state index >= 15 is 0 Å². The average molecular weight is 500 g/mol. The van der Waals surface area contributed by atoms with Crippen LogP contribution in [0.3, 0.4) is 0 Å². The lowest BCUT2D eigenvalue weighted by molar-refractivity contribution is -0.131. The van der Waals surface area contributed by atoms with Crippen LogP contribution in [0.5, 0.6) is 5.75 Å². The van der Waals surface area contributed by atoms with E-state index in [9.17, 15) is 24.0 Å². The maximum atomic E-state index is 12.9. The van der Waals surface area contributed by atoms with Crippen molar-refractivity contribution in [2.24, 2.45) is 5.92 Å². The molecule has 1 aliphatic rings. The Morgan fingerprint density at radius 1 is 0.784 bits per heavy atom. The number of hydrogen-bond acceptors (Lipinski definition) is 6. The van der Waals surface area contributed by atoms with Gasteiger partial charge < -0.3 is 15.4 Å². The Bertz CT molecular complexity index is 1430. The van der Waals surface area contributed by atoms with Gasteiger partial charge in [0.15, 0.2) is 0 Å². The molecule has 0 aromatic heterocycles. The normalized spacial score (nSPS) is 12.4. The Hall–Kier alpha value is -4.79. The largest absolute Gasteiger partial charge is 0.427 e. The van der Waals surface area contributed by atoms with E-state index in [1.807, 2.05) is 13.8 Å².